The van der Waals surface area contributed by atoms with Crippen molar-refractivity contribution in [3.05, 3.63) is 57.7 Å². The van der Waals surface area contributed by atoms with E-state index in [1.807, 2.05) is 6.07 Å². The summed E-state index contributed by atoms with van der Waals surface area (Å²) in [4.78, 5) is 11.7. The molecule has 158 valence electrons. The third kappa shape index (κ3) is 3.22. The van der Waals surface area contributed by atoms with Crippen LogP contribution in [0, 0.1) is 5.82 Å². The Morgan fingerprint density at radius 1 is 1.10 bits per heavy atom. The molecule has 6 rings (SSSR count). The molecule has 2 fully saturated rings. The number of imidazole rings is 1. The minimum Gasteiger partial charge on any atom is -0.378 e. The highest BCUT2D eigenvalue weighted by Gasteiger charge is 2.32. The quantitative estimate of drug-likeness (QED) is 0.354. The van der Waals surface area contributed by atoms with E-state index in [1.165, 1.54) is 6.07 Å². The number of rotatable bonds is 3. The van der Waals surface area contributed by atoms with E-state index in [1.54, 1.807) is 12.3 Å². The molecule has 4 aromatic rings. The third-order valence-corrected chi connectivity index (χ3v) is 6.96. The summed E-state index contributed by atoms with van der Waals surface area (Å²) in [5, 5.41) is 0.856. The molecule has 8 heteroatoms. The molecule has 0 atom stereocenters. The Hall–Kier alpha value is -2.22. The van der Waals surface area contributed by atoms with Crippen LogP contribution in [-0.2, 0) is 4.74 Å². The number of aromatic nitrogens is 3. The average molecular weight is 502 g/mol. The number of anilines is 1. The summed E-state index contributed by atoms with van der Waals surface area (Å²) in [7, 11) is 0. The maximum Gasteiger partial charge on any atom is 0.134 e. The molecule has 1 saturated carbocycles. The lowest BCUT2D eigenvalue weighted by Crippen LogP contribution is -2.36. The monoisotopic (exact) mass is 500 g/mol. The summed E-state index contributed by atoms with van der Waals surface area (Å²) >= 11 is 10.1. The van der Waals surface area contributed by atoms with E-state index in [9.17, 15) is 0 Å². The first-order valence-electron chi connectivity index (χ1n) is 10.4. The van der Waals surface area contributed by atoms with Crippen molar-refractivity contribution < 1.29 is 9.13 Å². The van der Waals surface area contributed by atoms with Gasteiger partial charge in [0.2, 0.25) is 0 Å². The Kier molecular flexibility index (Phi) is 4.67. The fourth-order valence-corrected chi connectivity index (χ4v) is 5.11. The number of hydrogen-bond donors (Lipinski definition) is 0. The van der Waals surface area contributed by atoms with Crippen molar-refractivity contribution in [1.82, 2.24) is 14.5 Å². The molecule has 0 amide bonds. The molecule has 2 aromatic heterocycles. The van der Waals surface area contributed by atoms with Gasteiger partial charge in [-0.25, -0.2) is 9.37 Å². The Morgan fingerprint density at radius 2 is 1.90 bits per heavy atom. The van der Waals surface area contributed by atoms with Crippen LogP contribution in [0.1, 0.15) is 24.6 Å². The van der Waals surface area contributed by atoms with Gasteiger partial charge in [0, 0.05) is 35.4 Å². The molecular weight excluding hydrogens is 483 g/mol. The molecule has 1 aliphatic heterocycles. The van der Waals surface area contributed by atoms with Gasteiger partial charge in [-0.3, -0.25) is 9.55 Å². The molecule has 2 aromatic carbocycles. The molecule has 1 saturated heterocycles. The maximum absolute atomic E-state index is 15.1. The van der Waals surface area contributed by atoms with E-state index in [-0.39, 0.29) is 5.82 Å². The van der Waals surface area contributed by atoms with Crippen LogP contribution in [-0.4, -0.2) is 40.8 Å². The van der Waals surface area contributed by atoms with E-state index in [0.29, 0.717) is 35.1 Å². The van der Waals surface area contributed by atoms with Crippen molar-refractivity contribution in [1.29, 1.82) is 0 Å². The van der Waals surface area contributed by atoms with Crippen molar-refractivity contribution in [2.45, 2.75) is 18.8 Å². The second-order valence-corrected chi connectivity index (χ2v) is 9.32. The molecule has 3 heterocycles. The van der Waals surface area contributed by atoms with Gasteiger partial charge < -0.3 is 9.64 Å². The first kappa shape index (κ1) is 19.5. The smallest absolute Gasteiger partial charge is 0.134 e. The number of nitrogens with zero attached hydrogens (tertiary/aromatic N) is 4. The number of ether oxygens (including phenoxy) is 1. The number of fused-ring (bicyclic) bond motifs is 2. The summed E-state index contributed by atoms with van der Waals surface area (Å²) in [6, 6.07) is 9.07. The molecule has 0 bridgehead atoms. The lowest BCUT2D eigenvalue weighted by atomic mass is 10.1. The minimum atomic E-state index is -0.338. The molecule has 5 nitrogen and oxygen atoms in total. The molecule has 0 radical (unpaired) electrons. The van der Waals surface area contributed by atoms with Gasteiger partial charge >= 0.3 is 0 Å². The number of benzene rings is 2. The van der Waals surface area contributed by atoms with E-state index >= 15 is 4.39 Å². The Bertz CT molecular complexity index is 1330. The first-order chi connectivity index (χ1) is 15.1. The van der Waals surface area contributed by atoms with Gasteiger partial charge in [0.15, 0.2) is 0 Å². The zero-order chi connectivity index (χ0) is 21.1. The van der Waals surface area contributed by atoms with Crippen LogP contribution in [0.3, 0.4) is 0 Å². The SMILES string of the molecule is Fc1ccc(Cl)c2nccc(-n3c(C4CC4)nc4c(Br)cc(N5CCOCC5)cc43)c12. The van der Waals surface area contributed by atoms with Crippen molar-refractivity contribution in [3.8, 4) is 5.69 Å². The van der Waals surface area contributed by atoms with Crippen LogP contribution >= 0.6 is 27.5 Å². The van der Waals surface area contributed by atoms with Crippen LogP contribution < -0.4 is 4.90 Å². The molecule has 2 aliphatic rings. The molecular formula is C23H19BrClFN4O. The zero-order valence-electron chi connectivity index (χ0n) is 16.6. The van der Waals surface area contributed by atoms with Crippen LogP contribution in [0.4, 0.5) is 10.1 Å². The normalized spacial score (nSPS) is 17.1. The van der Waals surface area contributed by atoms with Gasteiger partial charge in [-0.15, -0.1) is 0 Å². The van der Waals surface area contributed by atoms with Crippen molar-refractivity contribution >= 4 is 55.2 Å². The predicted octanol–water partition coefficient (Wildman–Crippen LogP) is 5.84. The highest BCUT2D eigenvalue weighted by atomic mass is 79.9. The molecule has 1 aliphatic carbocycles. The van der Waals surface area contributed by atoms with E-state index < -0.39 is 0 Å². The van der Waals surface area contributed by atoms with Crippen LogP contribution in [0.5, 0.6) is 0 Å². The Balaban J connectivity index is 1.66. The van der Waals surface area contributed by atoms with Crippen LogP contribution in [0.2, 0.25) is 5.02 Å². The third-order valence-electron chi connectivity index (χ3n) is 6.05. The zero-order valence-corrected chi connectivity index (χ0v) is 19.0. The number of morpholine rings is 1. The second kappa shape index (κ2) is 7.43. The maximum atomic E-state index is 15.1. The first-order valence-corrected chi connectivity index (χ1v) is 11.6. The summed E-state index contributed by atoms with van der Waals surface area (Å²) in [6.45, 7) is 3.09. The van der Waals surface area contributed by atoms with Gasteiger partial charge in [-0.05, 0) is 59.1 Å². The minimum absolute atomic E-state index is 0.338. The lowest BCUT2D eigenvalue weighted by Gasteiger charge is -2.29. The fraction of sp³-hybridized carbons (Fsp3) is 0.304. The van der Waals surface area contributed by atoms with Gasteiger partial charge in [0.05, 0.1) is 40.3 Å². The predicted molar refractivity (Wildman–Crippen MR) is 124 cm³/mol. The summed E-state index contributed by atoms with van der Waals surface area (Å²) in [5.74, 6) is 0.993. The van der Waals surface area contributed by atoms with E-state index in [4.69, 9.17) is 21.3 Å². The van der Waals surface area contributed by atoms with Gasteiger partial charge in [0.25, 0.3) is 0 Å². The van der Waals surface area contributed by atoms with Crippen molar-refractivity contribution in [3.63, 3.8) is 0 Å². The lowest BCUT2D eigenvalue weighted by molar-refractivity contribution is 0.122. The van der Waals surface area contributed by atoms with Crippen LogP contribution in [0.25, 0.3) is 27.6 Å². The van der Waals surface area contributed by atoms with Crippen molar-refractivity contribution in [2.24, 2.45) is 0 Å². The summed E-state index contributed by atoms with van der Waals surface area (Å²) in [5.41, 5.74) is 4.12. The molecule has 31 heavy (non-hydrogen) atoms. The number of hydrogen-bond acceptors (Lipinski definition) is 4. The molecule has 0 N–H and O–H groups in total. The van der Waals surface area contributed by atoms with Gasteiger partial charge in [-0.1, -0.05) is 11.6 Å². The highest BCUT2D eigenvalue weighted by Crippen LogP contribution is 2.44. The van der Waals surface area contributed by atoms with Crippen LogP contribution in [0.15, 0.2) is 41.0 Å². The average Bonchev–Trinajstić information content (AvgIpc) is 3.57. The number of halogens is 3. The van der Waals surface area contributed by atoms with Gasteiger partial charge in [0.1, 0.15) is 17.2 Å². The Morgan fingerprint density at radius 3 is 2.68 bits per heavy atom. The molecule has 0 unspecified atom stereocenters. The van der Waals surface area contributed by atoms with Crippen molar-refractivity contribution in [2.75, 3.05) is 31.2 Å². The Labute approximate surface area is 191 Å². The topological polar surface area (TPSA) is 43.2 Å². The standard InChI is InChI=1S/C23H19BrClFN4O/c24-15-11-14(29-7-9-31-10-8-29)12-19-21(15)28-23(13-1-2-13)30(19)18-5-6-27-22-16(25)3-4-17(26)20(18)22/h3-6,11-13H,1-2,7-10H2. The summed E-state index contributed by atoms with van der Waals surface area (Å²) in [6.07, 6.45) is 3.86. The van der Waals surface area contributed by atoms with E-state index in [2.05, 4.69) is 42.5 Å². The molecule has 0 spiro atoms. The fourth-order valence-electron chi connectivity index (χ4n) is 4.38. The second-order valence-electron chi connectivity index (χ2n) is 8.06. The largest absolute Gasteiger partial charge is 0.378 e. The highest BCUT2D eigenvalue weighted by molar-refractivity contribution is 9.10. The summed E-state index contributed by atoms with van der Waals surface area (Å²) < 4.78 is 23.6. The number of pyridine rings is 1. The van der Waals surface area contributed by atoms with Gasteiger partial charge in [-0.2, -0.15) is 0 Å². The van der Waals surface area contributed by atoms with E-state index in [0.717, 1.165) is 58.6 Å².